The summed E-state index contributed by atoms with van der Waals surface area (Å²) in [4.78, 5) is 24.4. The predicted molar refractivity (Wildman–Crippen MR) is 259 cm³/mol. The second-order valence-electron chi connectivity index (χ2n) is 17.8. The van der Waals surface area contributed by atoms with E-state index in [1.807, 2.05) is 6.08 Å². The van der Waals surface area contributed by atoms with Gasteiger partial charge in [0.05, 0.1) is 25.4 Å². The van der Waals surface area contributed by atoms with E-state index in [2.05, 4.69) is 49.5 Å². The Labute approximate surface area is 373 Å². The number of hydrogen-bond acceptors (Lipinski definition) is 5. The fourth-order valence-electron chi connectivity index (χ4n) is 7.86. The number of aliphatic hydroxyl groups is 2. The highest BCUT2D eigenvalue weighted by atomic mass is 16.5. The molecule has 0 bridgehead atoms. The highest BCUT2D eigenvalue weighted by molar-refractivity contribution is 5.76. The lowest BCUT2D eigenvalue weighted by molar-refractivity contribution is -0.143. The van der Waals surface area contributed by atoms with E-state index in [9.17, 15) is 19.8 Å². The SMILES string of the molecule is CCCCCCCCC/C=C\CCCCCCCC(=O)OCCCCCCCC/C=C\C/C=C\CCC(=O)NC(CO)C(O)CCCCCCCCCCCCCCCC. The molecule has 2 unspecified atom stereocenters. The molecule has 0 aliphatic heterocycles. The summed E-state index contributed by atoms with van der Waals surface area (Å²) in [7, 11) is 0. The van der Waals surface area contributed by atoms with Crippen LogP contribution in [-0.4, -0.2) is 47.4 Å². The number of carbonyl (C=O) groups excluding carboxylic acids is 2. The van der Waals surface area contributed by atoms with E-state index in [0.717, 1.165) is 51.4 Å². The summed E-state index contributed by atoms with van der Waals surface area (Å²) in [5, 5.41) is 23.1. The van der Waals surface area contributed by atoms with Crippen molar-refractivity contribution < 1.29 is 24.5 Å². The molecule has 0 saturated carbocycles. The smallest absolute Gasteiger partial charge is 0.305 e. The van der Waals surface area contributed by atoms with Crippen molar-refractivity contribution in [2.24, 2.45) is 0 Å². The Morgan fingerprint density at radius 2 is 0.850 bits per heavy atom. The molecular formula is C54H101NO5. The molecule has 0 saturated heterocycles. The maximum Gasteiger partial charge on any atom is 0.305 e. The maximum atomic E-state index is 12.4. The number of esters is 1. The molecule has 0 radical (unpaired) electrons. The summed E-state index contributed by atoms with van der Waals surface area (Å²) >= 11 is 0. The number of amides is 1. The van der Waals surface area contributed by atoms with Crippen molar-refractivity contribution in [3.05, 3.63) is 36.5 Å². The Morgan fingerprint density at radius 3 is 1.32 bits per heavy atom. The molecule has 0 aromatic heterocycles. The van der Waals surface area contributed by atoms with Crippen molar-refractivity contribution in [2.75, 3.05) is 13.2 Å². The van der Waals surface area contributed by atoms with Gasteiger partial charge < -0.3 is 20.3 Å². The van der Waals surface area contributed by atoms with Gasteiger partial charge in [-0.3, -0.25) is 9.59 Å². The lowest BCUT2D eigenvalue weighted by Crippen LogP contribution is -2.45. The number of nitrogens with one attached hydrogen (secondary N) is 1. The highest BCUT2D eigenvalue weighted by Gasteiger charge is 2.19. The van der Waals surface area contributed by atoms with Crippen molar-refractivity contribution in [3.8, 4) is 0 Å². The van der Waals surface area contributed by atoms with Gasteiger partial charge in [0.1, 0.15) is 0 Å². The fourth-order valence-corrected chi connectivity index (χ4v) is 7.86. The zero-order valence-corrected chi connectivity index (χ0v) is 39.9. The van der Waals surface area contributed by atoms with Gasteiger partial charge in [0.15, 0.2) is 0 Å². The number of ether oxygens (including phenoxy) is 1. The molecule has 0 aliphatic carbocycles. The molecule has 0 fully saturated rings. The maximum absolute atomic E-state index is 12.4. The molecule has 0 rings (SSSR count). The Kier molecular flexibility index (Phi) is 48.1. The van der Waals surface area contributed by atoms with Gasteiger partial charge in [0, 0.05) is 12.8 Å². The average molecular weight is 844 g/mol. The normalized spacial score (nSPS) is 12.9. The van der Waals surface area contributed by atoms with Crippen LogP contribution in [0.25, 0.3) is 0 Å². The van der Waals surface area contributed by atoms with E-state index in [-0.39, 0.29) is 18.5 Å². The van der Waals surface area contributed by atoms with Gasteiger partial charge in [-0.1, -0.05) is 224 Å². The summed E-state index contributed by atoms with van der Waals surface area (Å²) in [5.41, 5.74) is 0. The Morgan fingerprint density at radius 1 is 0.467 bits per heavy atom. The number of unbranched alkanes of at least 4 members (excludes halogenated alkanes) is 31. The van der Waals surface area contributed by atoms with Gasteiger partial charge in [0.25, 0.3) is 0 Å². The summed E-state index contributed by atoms with van der Waals surface area (Å²) in [6.07, 6.45) is 59.8. The highest BCUT2D eigenvalue weighted by Crippen LogP contribution is 2.16. The largest absolute Gasteiger partial charge is 0.466 e. The summed E-state index contributed by atoms with van der Waals surface area (Å²) in [5.74, 6) is -0.141. The minimum atomic E-state index is -0.699. The van der Waals surface area contributed by atoms with Crippen LogP contribution in [0, 0.1) is 0 Å². The Bertz CT molecular complexity index is 977. The molecule has 0 heterocycles. The summed E-state index contributed by atoms with van der Waals surface area (Å²) < 4.78 is 5.45. The van der Waals surface area contributed by atoms with Crippen molar-refractivity contribution >= 4 is 11.9 Å². The molecule has 2 atom stereocenters. The minimum absolute atomic E-state index is 0.0248. The summed E-state index contributed by atoms with van der Waals surface area (Å²) in [6.45, 7) is 4.88. The molecule has 0 aromatic rings. The van der Waals surface area contributed by atoms with Crippen LogP contribution in [0.4, 0.5) is 0 Å². The van der Waals surface area contributed by atoms with Gasteiger partial charge >= 0.3 is 5.97 Å². The lowest BCUT2D eigenvalue weighted by Gasteiger charge is -2.22. The first-order chi connectivity index (χ1) is 29.5. The van der Waals surface area contributed by atoms with Gasteiger partial charge in [0.2, 0.25) is 5.91 Å². The second-order valence-corrected chi connectivity index (χ2v) is 17.8. The first kappa shape index (κ1) is 58.1. The topological polar surface area (TPSA) is 95.9 Å². The molecule has 6 heteroatoms. The number of allylic oxidation sites excluding steroid dienone is 6. The third kappa shape index (κ3) is 45.6. The Balaban J connectivity index is 3.55. The van der Waals surface area contributed by atoms with Crippen LogP contribution >= 0.6 is 0 Å². The monoisotopic (exact) mass is 844 g/mol. The first-order valence-corrected chi connectivity index (χ1v) is 26.2. The molecular weight excluding hydrogens is 743 g/mol. The molecule has 0 aliphatic rings. The van der Waals surface area contributed by atoms with Crippen LogP contribution in [0.1, 0.15) is 271 Å². The van der Waals surface area contributed by atoms with E-state index in [1.165, 1.54) is 180 Å². The third-order valence-electron chi connectivity index (χ3n) is 11.9. The van der Waals surface area contributed by atoms with Crippen LogP contribution in [0.2, 0.25) is 0 Å². The van der Waals surface area contributed by atoms with E-state index < -0.39 is 12.1 Å². The average Bonchev–Trinajstić information content (AvgIpc) is 3.25. The number of aliphatic hydroxyl groups excluding tert-OH is 2. The quantitative estimate of drug-likeness (QED) is 0.0322. The molecule has 6 nitrogen and oxygen atoms in total. The minimum Gasteiger partial charge on any atom is -0.466 e. The number of carbonyl (C=O) groups is 2. The van der Waals surface area contributed by atoms with Crippen LogP contribution in [0.15, 0.2) is 36.5 Å². The fraction of sp³-hybridized carbons (Fsp3) is 0.852. The third-order valence-corrected chi connectivity index (χ3v) is 11.9. The molecule has 3 N–H and O–H groups in total. The first-order valence-electron chi connectivity index (χ1n) is 26.2. The second kappa shape index (κ2) is 49.7. The van der Waals surface area contributed by atoms with E-state index in [0.29, 0.717) is 32.3 Å². The molecule has 60 heavy (non-hydrogen) atoms. The van der Waals surface area contributed by atoms with Gasteiger partial charge in [-0.25, -0.2) is 0 Å². The lowest BCUT2D eigenvalue weighted by atomic mass is 10.0. The van der Waals surface area contributed by atoms with Gasteiger partial charge in [-0.2, -0.15) is 0 Å². The van der Waals surface area contributed by atoms with E-state index in [1.54, 1.807) is 0 Å². The van der Waals surface area contributed by atoms with Crippen LogP contribution in [-0.2, 0) is 14.3 Å². The van der Waals surface area contributed by atoms with Crippen molar-refractivity contribution in [1.82, 2.24) is 5.32 Å². The Hall–Kier alpha value is -1.92. The zero-order chi connectivity index (χ0) is 43.7. The molecule has 1 amide bonds. The van der Waals surface area contributed by atoms with Crippen molar-refractivity contribution in [3.63, 3.8) is 0 Å². The van der Waals surface area contributed by atoms with Gasteiger partial charge in [-0.05, 0) is 70.6 Å². The standard InChI is InChI=1S/C54H101NO5/c1-3-5-7-9-11-13-15-17-19-20-24-28-32-36-40-44-48-54(59)60-49-45-41-37-33-29-25-21-23-27-31-35-39-43-47-53(58)55-51(50-56)52(57)46-42-38-34-30-26-22-18-16-14-12-10-8-6-4-2/h19-20,23,27,35,39,51-52,56-57H,3-18,21-22,24-26,28-34,36-38,40-50H2,1-2H3,(H,55,58)/b20-19-,27-23-,39-35-. The molecule has 352 valence electrons. The predicted octanol–water partition coefficient (Wildman–Crippen LogP) is 15.7. The number of rotatable bonds is 48. The van der Waals surface area contributed by atoms with E-state index >= 15 is 0 Å². The molecule has 0 spiro atoms. The van der Waals surface area contributed by atoms with Crippen LogP contribution < -0.4 is 5.32 Å². The zero-order valence-electron chi connectivity index (χ0n) is 39.9. The van der Waals surface area contributed by atoms with Crippen molar-refractivity contribution in [1.29, 1.82) is 0 Å². The van der Waals surface area contributed by atoms with Crippen molar-refractivity contribution in [2.45, 2.75) is 283 Å². The van der Waals surface area contributed by atoms with Crippen LogP contribution in [0.3, 0.4) is 0 Å². The molecule has 0 aromatic carbocycles. The van der Waals surface area contributed by atoms with Gasteiger partial charge in [-0.15, -0.1) is 0 Å². The van der Waals surface area contributed by atoms with E-state index in [4.69, 9.17) is 4.74 Å². The van der Waals surface area contributed by atoms with Crippen LogP contribution in [0.5, 0.6) is 0 Å². The number of hydrogen-bond donors (Lipinski definition) is 3. The summed E-state index contributed by atoms with van der Waals surface area (Å²) in [6, 6.07) is -0.585.